The maximum Gasteiger partial charge on any atom is 0.327 e. The molecule has 0 spiro atoms. The predicted molar refractivity (Wildman–Crippen MR) is 123 cm³/mol. The Kier molecular flexibility index (Phi) is 5.89. The molecule has 34 heavy (non-hydrogen) atoms. The Balaban J connectivity index is 1.65. The van der Waals surface area contributed by atoms with Gasteiger partial charge in [0.1, 0.15) is 5.57 Å². The number of rotatable bonds is 5. The van der Waals surface area contributed by atoms with Crippen molar-refractivity contribution in [1.82, 2.24) is 14.7 Å². The van der Waals surface area contributed by atoms with E-state index < -0.39 is 17.7 Å². The maximum absolute atomic E-state index is 13.6. The second kappa shape index (κ2) is 8.87. The number of hydrogen-bond acceptors (Lipinski definition) is 5. The molecular weight excluding hydrogens is 479 g/mol. The van der Waals surface area contributed by atoms with Gasteiger partial charge in [-0.05, 0) is 43.8 Å². The van der Waals surface area contributed by atoms with Crippen molar-refractivity contribution in [3.8, 4) is 11.6 Å². The Bertz CT molecular complexity index is 1330. The molecule has 2 aliphatic heterocycles. The lowest BCUT2D eigenvalue weighted by atomic mass is 10.0. The number of nitrogens with zero attached hydrogens (tertiary/aromatic N) is 4. The van der Waals surface area contributed by atoms with Crippen LogP contribution in [0.1, 0.15) is 24.1 Å². The van der Waals surface area contributed by atoms with Gasteiger partial charge >= 0.3 is 5.91 Å². The fourth-order valence-electron chi connectivity index (χ4n) is 4.32. The predicted octanol–water partition coefficient (Wildman–Crippen LogP) is 2.76. The molecule has 0 N–H and O–H groups in total. The van der Waals surface area contributed by atoms with E-state index in [1.807, 2.05) is 0 Å². The first kappa shape index (κ1) is 22.6. The lowest BCUT2D eigenvalue weighted by molar-refractivity contribution is -0.576. The number of carbonyl (C=O) groups is 2. The van der Waals surface area contributed by atoms with Gasteiger partial charge in [-0.3, -0.25) is 14.5 Å². The Morgan fingerprint density at radius 3 is 2.59 bits per heavy atom. The minimum atomic E-state index is -0.541. The van der Waals surface area contributed by atoms with E-state index in [4.69, 9.17) is 27.9 Å². The third-order valence-corrected chi connectivity index (χ3v) is 6.68. The number of carbonyl (C=O) groups excluding carboxylic acids is 2. The number of benzene rings is 1. The second-order valence-electron chi connectivity index (χ2n) is 8.14. The molecule has 5 rings (SSSR count). The van der Waals surface area contributed by atoms with Crippen molar-refractivity contribution >= 4 is 46.3 Å². The molecular formula is C24H20Cl2N4O4. The van der Waals surface area contributed by atoms with Crippen LogP contribution in [0.5, 0.6) is 5.88 Å². The fourth-order valence-corrected chi connectivity index (χ4v) is 4.61. The van der Waals surface area contributed by atoms with Gasteiger partial charge in [0.05, 0.1) is 34.1 Å². The van der Waals surface area contributed by atoms with E-state index in [1.165, 1.54) is 6.07 Å². The molecule has 1 aromatic carbocycles. The average Bonchev–Trinajstić information content (AvgIpc) is 3.50. The lowest BCUT2D eigenvalue weighted by Crippen LogP contribution is -2.42. The third-order valence-electron chi connectivity index (χ3n) is 5.94. The normalized spacial score (nSPS) is 18.4. The van der Waals surface area contributed by atoms with Gasteiger partial charge in [0.2, 0.25) is 0 Å². The van der Waals surface area contributed by atoms with E-state index in [2.05, 4.69) is 5.10 Å². The van der Waals surface area contributed by atoms with Crippen LogP contribution < -0.4 is 9.67 Å². The summed E-state index contributed by atoms with van der Waals surface area (Å²) < 4.78 is 8.37. The Hall–Kier alpha value is -3.20. The van der Waals surface area contributed by atoms with Gasteiger partial charge in [-0.1, -0.05) is 29.3 Å². The zero-order valence-corrected chi connectivity index (χ0v) is 19.7. The summed E-state index contributed by atoms with van der Waals surface area (Å²) in [6.07, 6.45) is 4.75. The molecule has 0 bridgehead atoms. The molecule has 0 radical (unpaired) electrons. The highest BCUT2D eigenvalue weighted by atomic mass is 35.5. The smallest absolute Gasteiger partial charge is 0.327 e. The van der Waals surface area contributed by atoms with Gasteiger partial charge in [-0.2, -0.15) is 9.67 Å². The molecule has 3 aromatic rings. The first-order valence-corrected chi connectivity index (χ1v) is 11.5. The number of ether oxygens (including phenoxy) is 1. The summed E-state index contributed by atoms with van der Waals surface area (Å²) in [5.41, 5.74) is 0.924. The Morgan fingerprint density at radius 1 is 1.15 bits per heavy atom. The van der Waals surface area contributed by atoms with Gasteiger partial charge in [-0.15, -0.1) is 0 Å². The number of imide groups is 1. The monoisotopic (exact) mass is 498 g/mol. The largest absolute Gasteiger partial charge is 0.858 e. The van der Waals surface area contributed by atoms with Gasteiger partial charge in [-0.25, -0.2) is 4.68 Å². The van der Waals surface area contributed by atoms with E-state index in [0.717, 1.165) is 22.4 Å². The summed E-state index contributed by atoms with van der Waals surface area (Å²) in [7, 11) is 0. The average molecular weight is 499 g/mol. The molecule has 2 aliphatic rings. The summed E-state index contributed by atoms with van der Waals surface area (Å²) in [4.78, 5) is 28.2. The van der Waals surface area contributed by atoms with Crippen LogP contribution in [-0.4, -0.2) is 45.8 Å². The van der Waals surface area contributed by atoms with Crippen LogP contribution in [0.15, 0.2) is 48.8 Å². The summed E-state index contributed by atoms with van der Waals surface area (Å²) in [5.74, 6) is -1.55. The zero-order valence-electron chi connectivity index (χ0n) is 18.2. The lowest BCUT2D eigenvalue weighted by Gasteiger charge is -2.18. The number of aromatic nitrogens is 3. The van der Waals surface area contributed by atoms with E-state index in [1.54, 1.807) is 54.2 Å². The topological polar surface area (TPSA) is 91.4 Å². The highest BCUT2D eigenvalue weighted by Gasteiger charge is 2.47. The molecule has 2 amide bonds. The van der Waals surface area contributed by atoms with Crippen LogP contribution in [0.2, 0.25) is 10.0 Å². The van der Waals surface area contributed by atoms with Crippen LogP contribution in [0.25, 0.3) is 17.0 Å². The van der Waals surface area contributed by atoms with Crippen molar-refractivity contribution in [2.75, 3.05) is 13.2 Å². The quantitative estimate of drug-likeness (QED) is 0.398. The zero-order chi connectivity index (χ0) is 24.0. The first-order chi connectivity index (χ1) is 16.4. The van der Waals surface area contributed by atoms with Crippen molar-refractivity contribution in [2.45, 2.75) is 25.9 Å². The van der Waals surface area contributed by atoms with Gasteiger partial charge in [0.25, 0.3) is 11.6 Å². The third kappa shape index (κ3) is 3.77. The van der Waals surface area contributed by atoms with Crippen molar-refractivity contribution in [3.05, 3.63) is 70.1 Å². The number of amides is 2. The molecule has 10 heteroatoms. The van der Waals surface area contributed by atoms with Crippen molar-refractivity contribution in [1.29, 1.82) is 0 Å². The van der Waals surface area contributed by atoms with Crippen LogP contribution in [-0.2, 0) is 14.3 Å². The van der Waals surface area contributed by atoms with Gasteiger partial charge < -0.3 is 9.84 Å². The van der Waals surface area contributed by atoms with E-state index in [-0.39, 0.29) is 34.5 Å². The standard InChI is InChI=1S/C24H20Cl2N4O4/c1-14-19(23(32)30(27-14)15-7-8-17(25)18(26)12-15)20-21(28-9-3-2-4-10-28)24(33)29(22(20)31)13-16-6-5-11-34-16/h2-4,7-10,12,16H,5-6,11,13H2,1H3. The van der Waals surface area contributed by atoms with Crippen molar-refractivity contribution in [3.63, 3.8) is 0 Å². The van der Waals surface area contributed by atoms with E-state index >= 15 is 0 Å². The van der Waals surface area contributed by atoms with E-state index in [0.29, 0.717) is 23.0 Å². The van der Waals surface area contributed by atoms with Crippen molar-refractivity contribution in [2.24, 2.45) is 0 Å². The number of hydrogen-bond donors (Lipinski definition) is 0. The molecule has 2 aromatic heterocycles. The minimum Gasteiger partial charge on any atom is -0.858 e. The van der Waals surface area contributed by atoms with Crippen molar-refractivity contribution < 1.29 is 24.0 Å². The Labute approximate surface area is 205 Å². The highest BCUT2D eigenvalue weighted by Crippen LogP contribution is 2.37. The second-order valence-corrected chi connectivity index (χ2v) is 8.95. The summed E-state index contributed by atoms with van der Waals surface area (Å²) in [6, 6.07) is 9.99. The van der Waals surface area contributed by atoms with E-state index in [9.17, 15) is 14.7 Å². The molecule has 1 atom stereocenters. The van der Waals surface area contributed by atoms with Gasteiger partial charge in [0, 0.05) is 24.3 Å². The number of aryl methyl sites for hydroxylation is 1. The van der Waals surface area contributed by atoms with Crippen LogP contribution >= 0.6 is 23.2 Å². The van der Waals surface area contributed by atoms with Crippen LogP contribution in [0.4, 0.5) is 0 Å². The molecule has 8 nitrogen and oxygen atoms in total. The number of pyridine rings is 1. The summed E-state index contributed by atoms with van der Waals surface area (Å²) in [5, 5.41) is 18.5. The Morgan fingerprint density at radius 2 is 1.91 bits per heavy atom. The molecule has 1 saturated heterocycles. The number of halogens is 2. The first-order valence-electron chi connectivity index (χ1n) is 10.8. The molecule has 4 heterocycles. The maximum atomic E-state index is 13.6. The van der Waals surface area contributed by atoms with Gasteiger partial charge in [0.15, 0.2) is 12.4 Å². The SMILES string of the molecule is Cc1nn(-c2ccc(Cl)c(Cl)c2)c([O-])c1C1=C([n+]2ccccc2)C(=O)N(CC2CCCO2)C1=O. The molecule has 1 fully saturated rings. The fraction of sp³-hybridized carbons (Fsp3) is 0.250. The summed E-state index contributed by atoms with van der Waals surface area (Å²) >= 11 is 12.1. The highest BCUT2D eigenvalue weighted by molar-refractivity contribution is 6.45. The molecule has 174 valence electrons. The van der Waals surface area contributed by atoms with Crippen LogP contribution in [0, 0.1) is 6.92 Å². The van der Waals surface area contributed by atoms with Crippen LogP contribution in [0.3, 0.4) is 0 Å². The minimum absolute atomic E-state index is 0.0213. The summed E-state index contributed by atoms with van der Waals surface area (Å²) in [6.45, 7) is 2.36. The molecule has 1 unspecified atom stereocenters. The molecule has 0 saturated carbocycles. The molecule has 0 aliphatic carbocycles.